The molecule has 34 heavy (non-hydrogen) atoms. The number of H-pyrrole nitrogens is 1. The van der Waals surface area contributed by atoms with Crippen LogP contribution < -0.4 is 15.1 Å². The van der Waals surface area contributed by atoms with Gasteiger partial charge in [0.1, 0.15) is 0 Å². The van der Waals surface area contributed by atoms with Crippen LogP contribution in [0.5, 0.6) is 0 Å². The number of aromatic nitrogens is 3. The molecule has 0 unspecified atom stereocenters. The molecule has 9 heteroatoms. The number of ether oxygens (including phenoxy) is 1. The molecule has 0 bridgehead atoms. The Morgan fingerprint density at radius 1 is 1.24 bits per heavy atom. The molecule has 1 amide bonds. The van der Waals surface area contributed by atoms with Crippen molar-refractivity contribution in [3.05, 3.63) is 36.7 Å². The van der Waals surface area contributed by atoms with E-state index in [0.717, 1.165) is 79.1 Å². The van der Waals surface area contributed by atoms with Crippen molar-refractivity contribution in [3.63, 3.8) is 0 Å². The zero-order chi connectivity index (χ0) is 23.1. The van der Waals surface area contributed by atoms with Gasteiger partial charge in [-0.3, -0.25) is 0 Å². The molecule has 2 aliphatic heterocycles. The molecular formula is C25H30N6O3. The molecular weight excluding hydrogens is 432 g/mol. The normalized spacial score (nSPS) is 24.5. The molecule has 3 aromatic rings. The highest BCUT2D eigenvalue weighted by Gasteiger charge is 2.36. The molecule has 2 fully saturated rings. The first-order chi connectivity index (χ1) is 16.7. The van der Waals surface area contributed by atoms with Crippen molar-refractivity contribution in [2.75, 3.05) is 42.6 Å². The highest BCUT2D eigenvalue weighted by atomic mass is 16.5. The van der Waals surface area contributed by atoms with Gasteiger partial charge in [-0.05, 0) is 43.7 Å². The van der Waals surface area contributed by atoms with E-state index in [9.17, 15) is 4.79 Å². The van der Waals surface area contributed by atoms with Gasteiger partial charge in [0.05, 0.1) is 31.1 Å². The Balaban J connectivity index is 1.28. The average Bonchev–Trinajstić information content (AvgIpc) is 3.34. The quantitative estimate of drug-likeness (QED) is 0.545. The Hall–Kier alpha value is -3.33. The standard InChI is InChI=1S/C25H30N6O3/c32-25(33)28-17-6-4-16(5-7-17)13-30-14-18-15-34-11-10-31(18)24-22(30)12-27-23(29-24)20-2-1-3-21-19(20)8-9-26-21/h1-3,8-9,12,16-18,26,28H,4-7,10-11,13-15H2,(H,32,33)/t16-,17-,18-/m1/s1. The van der Waals surface area contributed by atoms with Gasteiger partial charge in [0.2, 0.25) is 0 Å². The number of aromatic amines is 1. The summed E-state index contributed by atoms with van der Waals surface area (Å²) in [6, 6.07) is 8.61. The molecule has 3 N–H and O–H groups in total. The van der Waals surface area contributed by atoms with Crippen LogP contribution >= 0.6 is 0 Å². The van der Waals surface area contributed by atoms with Crippen LogP contribution in [-0.4, -0.2) is 71.1 Å². The summed E-state index contributed by atoms with van der Waals surface area (Å²) >= 11 is 0. The van der Waals surface area contributed by atoms with E-state index >= 15 is 0 Å². The van der Waals surface area contributed by atoms with Gasteiger partial charge in [0.15, 0.2) is 11.6 Å². The van der Waals surface area contributed by atoms with Crippen LogP contribution in [0.2, 0.25) is 0 Å². The molecule has 1 aromatic carbocycles. The lowest BCUT2D eigenvalue weighted by molar-refractivity contribution is 0.0932. The predicted octanol–water partition coefficient (Wildman–Crippen LogP) is 3.48. The van der Waals surface area contributed by atoms with Crippen LogP contribution in [0, 0.1) is 5.92 Å². The van der Waals surface area contributed by atoms with Crippen LogP contribution in [0.4, 0.5) is 16.3 Å². The average molecular weight is 463 g/mol. The molecule has 4 heterocycles. The van der Waals surface area contributed by atoms with Gasteiger partial charge in [-0.25, -0.2) is 14.8 Å². The van der Waals surface area contributed by atoms with Gasteiger partial charge in [0.25, 0.3) is 0 Å². The first-order valence-corrected chi connectivity index (χ1v) is 12.2. The first-order valence-electron chi connectivity index (χ1n) is 12.2. The summed E-state index contributed by atoms with van der Waals surface area (Å²) in [5.74, 6) is 2.28. The third kappa shape index (κ3) is 3.94. The molecule has 2 aromatic heterocycles. The van der Waals surface area contributed by atoms with Gasteiger partial charge in [-0.1, -0.05) is 12.1 Å². The molecule has 6 rings (SSSR count). The van der Waals surface area contributed by atoms with Crippen LogP contribution in [0.25, 0.3) is 22.3 Å². The number of carbonyl (C=O) groups is 1. The van der Waals surface area contributed by atoms with Crippen molar-refractivity contribution < 1.29 is 14.6 Å². The number of rotatable bonds is 4. The molecule has 1 atom stereocenters. The van der Waals surface area contributed by atoms with E-state index in [2.05, 4.69) is 38.3 Å². The summed E-state index contributed by atoms with van der Waals surface area (Å²) in [4.78, 5) is 29.0. The number of amides is 1. The number of anilines is 2. The summed E-state index contributed by atoms with van der Waals surface area (Å²) in [5, 5.41) is 12.8. The summed E-state index contributed by atoms with van der Waals surface area (Å²) in [7, 11) is 0. The number of nitrogens with zero attached hydrogens (tertiary/aromatic N) is 4. The second kappa shape index (κ2) is 8.79. The third-order valence-electron chi connectivity index (χ3n) is 7.51. The first kappa shape index (κ1) is 21.2. The lowest BCUT2D eigenvalue weighted by Gasteiger charge is -2.46. The highest BCUT2D eigenvalue weighted by molar-refractivity contribution is 5.93. The number of hydrogen-bond donors (Lipinski definition) is 3. The maximum atomic E-state index is 11.0. The number of carboxylic acid groups (broad SMARTS) is 1. The van der Waals surface area contributed by atoms with E-state index in [1.165, 1.54) is 0 Å². The van der Waals surface area contributed by atoms with E-state index in [-0.39, 0.29) is 12.1 Å². The predicted molar refractivity (Wildman–Crippen MR) is 130 cm³/mol. The molecule has 178 valence electrons. The number of morpholine rings is 1. The maximum Gasteiger partial charge on any atom is 0.404 e. The second-order valence-electron chi connectivity index (χ2n) is 9.64. The van der Waals surface area contributed by atoms with Crippen LogP contribution in [0.15, 0.2) is 36.7 Å². The Morgan fingerprint density at radius 2 is 2.12 bits per heavy atom. The van der Waals surface area contributed by atoms with Crippen molar-refractivity contribution in [1.82, 2.24) is 20.3 Å². The van der Waals surface area contributed by atoms with Crippen LogP contribution in [-0.2, 0) is 4.74 Å². The van der Waals surface area contributed by atoms with E-state index in [1.807, 2.05) is 18.5 Å². The van der Waals surface area contributed by atoms with E-state index < -0.39 is 6.09 Å². The van der Waals surface area contributed by atoms with E-state index in [1.54, 1.807) is 0 Å². The Bertz CT molecular complexity index is 1190. The van der Waals surface area contributed by atoms with Crippen molar-refractivity contribution in [2.24, 2.45) is 5.92 Å². The topological polar surface area (TPSA) is 107 Å². The van der Waals surface area contributed by atoms with Gasteiger partial charge in [0, 0.05) is 48.3 Å². The smallest absolute Gasteiger partial charge is 0.404 e. The molecule has 1 saturated heterocycles. The van der Waals surface area contributed by atoms with Gasteiger partial charge in [-0.15, -0.1) is 0 Å². The lowest BCUT2D eigenvalue weighted by atomic mass is 9.85. The summed E-state index contributed by atoms with van der Waals surface area (Å²) in [6.07, 6.45) is 6.86. The highest BCUT2D eigenvalue weighted by Crippen LogP contribution is 2.38. The van der Waals surface area contributed by atoms with Crippen molar-refractivity contribution in [1.29, 1.82) is 0 Å². The fourth-order valence-corrected chi connectivity index (χ4v) is 5.80. The molecule has 0 spiro atoms. The van der Waals surface area contributed by atoms with Crippen molar-refractivity contribution >= 4 is 28.5 Å². The van der Waals surface area contributed by atoms with Gasteiger partial charge >= 0.3 is 6.09 Å². The van der Waals surface area contributed by atoms with Crippen molar-refractivity contribution in [3.8, 4) is 11.4 Å². The van der Waals surface area contributed by atoms with Gasteiger partial charge in [-0.2, -0.15) is 0 Å². The fraction of sp³-hybridized carbons (Fsp3) is 0.480. The minimum atomic E-state index is -0.922. The maximum absolute atomic E-state index is 11.0. The largest absolute Gasteiger partial charge is 0.465 e. The molecule has 1 saturated carbocycles. The number of benzene rings is 1. The fourth-order valence-electron chi connectivity index (χ4n) is 5.80. The zero-order valence-corrected chi connectivity index (χ0v) is 19.1. The SMILES string of the molecule is O=C(O)N[C@H]1CC[C@H](CN2C[C@@H]3COCCN3c3nc(-c4cccc5[nH]ccc45)ncc32)CC1. The Kier molecular flexibility index (Phi) is 5.49. The number of nitrogens with one attached hydrogen (secondary N) is 2. The Morgan fingerprint density at radius 3 is 2.97 bits per heavy atom. The third-order valence-corrected chi connectivity index (χ3v) is 7.51. The summed E-state index contributed by atoms with van der Waals surface area (Å²) in [6.45, 7) is 4.09. The van der Waals surface area contributed by atoms with E-state index in [4.69, 9.17) is 19.8 Å². The van der Waals surface area contributed by atoms with Gasteiger partial charge < -0.3 is 29.9 Å². The zero-order valence-electron chi connectivity index (χ0n) is 19.1. The van der Waals surface area contributed by atoms with Crippen molar-refractivity contribution in [2.45, 2.75) is 37.8 Å². The summed E-state index contributed by atoms with van der Waals surface area (Å²) < 4.78 is 5.83. The lowest BCUT2D eigenvalue weighted by Crippen LogP contribution is -2.56. The van der Waals surface area contributed by atoms with E-state index in [0.29, 0.717) is 19.1 Å². The van der Waals surface area contributed by atoms with Crippen LogP contribution in [0.1, 0.15) is 25.7 Å². The molecule has 0 radical (unpaired) electrons. The van der Waals surface area contributed by atoms with Crippen LogP contribution in [0.3, 0.4) is 0 Å². The number of hydrogen-bond acceptors (Lipinski definition) is 6. The molecule has 1 aliphatic carbocycles. The molecule has 3 aliphatic rings. The Labute approximate surface area is 198 Å². The minimum Gasteiger partial charge on any atom is -0.465 e. The molecule has 9 nitrogen and oxygen atoms in total. The summed E-state index contributed by atoms with van der Waals surface area (Å²) in [5.41, 5.74) is 3.21. The monoisotopic (exact) mass is 462 g/mol. The second-order valence-corrected chi connectivity index (χ2v) is 9.64. The minimum absolute atomic E-state index is 0.0756. The number of fused-ring (bicyclic) bond motifs is 4.